The highest BCUT2D eigenvalue weighted by Crippen LogP contribution is 1.95. The van der Waals surface area contributed by atoms with E-state index in [0.29, 0.717) is 19.0 Å². The van der Waals surface area contributed by atoms with Crippen LogP contribution in [0.5, 0.6) is 0 Å². The lowest BCUT2D eigenvalue weighted by Gasteiger charge is -2.09. The third kappa shape index (κ3) is 1.42. The molecule has 0 fully saturated rings. The van der Waals surface area contributed by atoms with Crippen LogP contribution in [0.1, 0.15) is 13.3 Å². The van der Waals surface area contributed by atoms with Gasteiger partial charge in [-0.2, -0.15) is 0 Å². The van der Waals surface area contributed by atoms with Crippen LogP contribution < -0.4 is 5.73 Å². The largest absolute Gasteiger partial charge is 0.313 e. The van der Waals surface area contributed by atoms with Crippen LogP contribution in [0.2, 0.25) is 0 Å². The summed E-state index contributed by atoms with van der Waals surface area (Å²) < 4.78 is 0. The second-order valence-corrected chi connectivity index (χ2v) is 1.70. The first-order valence-corrected chi connectivity index (χ1v) is 2.40. The summed E-state index contributed by atoms with van der Waals surface area (Å²) in [6.07, 6.45) is 1.28. The highest BCUT2D eigenvalue weighted by Gasteiger charge is 2.19. The maximum atomic E-state index is 9.93. The van der Waals surface area contributed by atoms with Crippen molar-refractivity contribution in [1.29, 1.82) is 0 Å². The Kier molecular flexibility index (Phi) is 2.34. The van der Waals surface area contributed by atoms with E-state index in [1.165, 1.54) is 0 Å². The molecule has 0 aromatic heterocycles. The van der Waals surface area contributed by atoms with Crippen molar-refractivity contribution in [3.63, 3.8) is 0 Å². The molecule has 0 aromatic carbocycles. The summed E-state index contributed by atoms with van der Waals surface area (Å²) in [7, 11) is 0. The third-order valence-electron chi connectivity index (χ3n) is 1.05. The molecule has 0 rings (SSSR count). The van der Waals surface area contributed by atoms with Crippen molar-refractivity contribution >= 4 is 12.6 Å². The van der Waals surface area contributed by atoms with Gasteiger partial charge in [0.05, 0.1) is 0 Å². The number of hydrogen-bond acceptors (Lipinski definition) is 3. The Hall–Kier alpha value is -0.700. The zero-order valence-electron chi connectivity index (χ0n) is 4.76. The highest BCUT2D eigenvalue weighted by atomic mass is 16.1. The average Bonchev–Trinajstić information content (AvgIpc) is 1.87. The lowest BCUT2D eigenvalue weighted by Crippen LogP contribution is -2.42. The Balaban J connectivity index is 3.96. The van der Waals surface area contributed by atoms with E-state index in [2.05, 4.69) is 0 Å². The van der Waals surface area contributed by atoms with E-state index < -0.39 is 5.54 Å². The van der Waals surface area contributed by atoms with Crippen LogP contribution in [0.15, 0.2) is 0 Å². The fourth-order valence-corrected chi connectivity index (χ4v) is 0.194. The van der Waals surface area contributed by atoms with Crippen molar-refractivity contribution in [3.8, 4) is 0 Å². The third-order valence-corrected chi connectivity index (χ3v) is 1.05. The lowest BCUT2D eigenvalue weighted by atomic mass is 10.0. The first-order chi connectivity index (χ1) is 3.68. The van der Waals surface area contributed by atoms with Gasteiger partial charge in [0.1, 0.15) is 18.1 Å². The van der Waals surface area contributed by atoms with E-state index in [1.807, 2.05) is 0 Å². The topological polar surface area (TPSA) is 60.2 Å². The Morgan fingerprint density at radius 2 is 1.88 bits per heavy atom. The van der Waals surface area contributed by atoms with Gasteiger partial charge in [-0.15, -0.1) is 0 Å². The summed E-state index contributed by atoms with van der Waals surface area (Å²) >= 11 is 0. The molecule has 0 aliphatic carbocycles. The summed E-state index contributed by atoms with van der Waals surface area (Å²) in [5.41, 5.74) is 3.92. The van der Waals surface area contributed by atoms with E-state index in [4.69, 9.17) is 5.73 Å². The zero-order chi connectivity index (χ0) is 6.62. The maximum absolute atomic E-state index is 9.93. The first-order valence-electron chi connectivity index (χ1n) is 2.40. The molecule has 46 valence electrons. The molecule has 0 radical (unpaired) electrons. The average molecular weight is 115 g/mol. The molecular formula is C5H9NO2. The molecule has 0 amide bonds. The minimum atomic E-state index is -1.24. The van der Waals surface area contributed by atoms with E-state index in [0.717, 1.165) is 0 Å². The molecule has 0 heterocycles. The van der Waals surface area contributed by atoms with Crippen LogP contribution in [0, 0.1) is 0 Å². The molecule has 2 N–H and O–H groups in total. The Labute approximate surface area is 47.9 Å². The predicted octanol–water partition coefficient (Wildman–Crippen LogP) is -0.508. The number of carbonyl (C=O) groups excluding carboxylic acids is 2. The molecule has 0 aliphatic rings. The van der Waals surface area contributed by atoms with Crippen LogP contribution in [-0.2, 0) is 9.59 Å². The highest BCUT2D eigenvalue weighted by molar-refractivity contribution is 5.88. The van der Waals surface area contributed by atoms with Gasteiger partial charge >= 0.3 is 0 Å². The van der Waals surface area contributed by atoms with Crippen LogP contribution >= 0.6 is 0 Å². The summed E-state index contributed by atoms with van der Waals surface area (Å²) in [6.45, 7) is 1.68. The van der Waals surface area contributed by atoms with E-state index >= 15 is 0 Å². The molecule has 0 bridgehead atoms. The van der Waals surface area contributed by atoms with Crippen LogP contribution in [0.3, 0.4) is 0 Å². The minimum absolute atomic E-state index is 0.361. The first kappa shape index (κ1) is 7.30. The molecule has 3 nitrogen and oxygen atoms in total. The number of aldehydes is 2. The van der Waals surface area contributed by atoms with Gasteiger partial charge < -0.3 is 15.3 Å². The second-order valence-electron chi connectivity index (χ2n) is 1.70. The molecule has 0 spiro atoms. The van der Waals surface area contributed by atoms with Gasteiger partial charge in [-0.1, -0.05) is 6.92 Å². The summed E-state index contributed by atoms with van der Waals surface area (Å²) in [6, 6.07) is 0. The Morgan fingerprint density at radius 1 is 1.50 bits per heavy atom. The maximum Gasteiger partial charge on any atom is 0.147 e. The zero-order valence-corrected chi connectivity index (χ0v) is 4.76. The predicted molar refractivity (Wildman–Crippen MR) is 29.3 cm³/mol. The van der Waals surface area contributed by atoms with E-state index in [1.54, 1.807) is 6.92 Å². The van der Waals surface area contributed by atoms with Crippen molar-refractivity contribution in [2.75, 3.05) is 0 Å². The molecule has 8 heavy (non-hydrogen) atoms. The van der Waals surface area contributed by atoms with Gasteiger partial charge in [0.2, 0.25) is 0 Å². The van der Waals surface area contributed by atoms with Crippen molar-refractivity contribution in [2.45, 2.75) is 18.9 Å². The number of carbonyl (C=O) groups is 2. The molecule has 0 aliphatic heterocycles. The van der Waals surface area contributed by atoms with Crippen LogP contribution in [0.25, 0.3) is 0 Å². The molecule has 0 atom stereocenters. The molecule has 0 saturated carbocycles. The summed E-state index contributed by atoms with van der Waals surface area (Å²) in [5.74, 6) is 0. The van der Waals surface area contributed by atoms with E-state index in [9.17, 15) is 9.59 Å². The van der Waals surface area contributed by atoms with Crippen molar-refractivity contribution in [3.05, 3.63) is 0 Å². The number of nitrogens with two attached hydrogens (primary N) is 1. The monoisotopic (exact) mass is 115 g/mol. The SMILES string of the molecule is CCC(N)(C=O)C=O. The van der Waals surface area contributed by atoms with Gasteiger partial charge in [-0.3, -0.25) is 0 Å². The number of rotatable bonds is 3. The van der Waals surface area contributed by atoms with Crippen molar-refractivity contribution < 1.29 is 9.59 Å². The van der Waals surface area contributed by atoms with Gasteiger partial charge in [0.25, 0.3) is 0 Å². The molecule has 0 saturated heterocycles. The quantitative estimate of drug-likeness (QED) is 0.398. The van der Waals surface area contributed by atoms with Gasteiger partial charge in [0.15, 0.2) is 0 Å². The molecular weight excluding hydrogens is 106 g/mol. The Bertz CT molecular complexity index is 92.6. The minimum Gasteiger partial charge on any atom is -0.313 e. The van der Waals surface area contributed by atoms with Gasteiger partial charge in [-0.05, 0) is 6.42 Å². The van der Waals surface area contributed by atoms with Crippen LogP contribution in [-0.4, -0.2) is 18.1 Å². The van der Waals surface area contributed by atoms with Crippen LogP contribution in [0.4, 0.5) is 0 Å². The number of hydrogen-bond donors (Lipinski definition) is 1. The van der Waals surface area contributed by atoms with Gasteiger partial charge in [0, 0.05) is 0 Å². The fraction of sp³-hybridized carbons (Fsp3) is 0.600. The second kappa shape index (κ2) is 2.57. The molecule has 0 unspecified atom stereocenters. The molecule has 0 aromatic rings. The fourth-order valence-electron chi connectivity index (χ4n) is 0.194. The normalized spacial score (nSPS) is 10.8. The Morgan fingerprint density at radius 3 is 1.88 bits per heavy atom. The standard InChI is InChI=1S/C5H9NO2/c1-2-5(6,3-7)4-8/h3-4H,2,6H2,1H3. The van der Waals surface area contributed by atoms with E-state index in [-0.39, 0.29) is 0 Å². The van der Waals surface area contributed by atoms with Crippen molar-refractivity contribution in [2.24, 2.45) is 5.73 Å². The summed E-state index contributed by atoms with van der Waals surface area (Å²) in [5, 5.41) is 0. The molecule has 3 heteroatoms. The lowest BCUT2D eigenvalue weighted by molar-refractivity contribution is -0.121. The van der Waals surface area contributed by atoms with Crippen molar-refractivity contribution in [1.82, 2.24) is 0 Å². The summed E-state index contributed by atoms with van der Waals surface area (Å²) in [4.78, 5) is 19.9. The smallest absolute Gasteiger partial charge is 0.147 e. The van der Waals surface area contributed by atoms with Gasteiger partial charge in [-0.25, -0.2) is 0 Å².